The highest BCUT2D eigenvalue weighted by molar-refractivity contribution is 5.94. The molecular formula is C20H22N4O2. The number of imidazole rings is 1. The Morgan fingerprint density at radius 3 is 2.62 bits per heavy atom. The Bertz CT molecular complexity index is 841. The van der Waals surface area contributed by atoms with Gasteiger partial charge in [-0.3, -0.25) is 4.79 Å². The highest BCUT2D eigenvalue weighted by Crippen LogP contribution is 2.28. The van der Waals surface area contributed by atoms with Gasteiger partial charge in [0.15, 0.2) is 0 Å². The van der Waals surface area contributed by atoms with Crippen LogP contribution in [0.5, 0.6) is 0 Å². The number of amides is 1. The first-order valence-electron chi connectivity index (χ1n) is 8.87. The van der Waals surface area contributed by atoms with Gasteiger partial charge in [0.2, 0.25) is 0 Å². The van der Waals surface area contributed by atoms with Gasteiger partial charge in [-0.2, -0.15) is 0 Å². The van der Waals surface area contributed by atoms with Gasteiger partial charge in [0, 0.05) is 42.6 Å². The van der Waals surface area contributed by atoms with E-state index in [0.717, 1.165) is 18.7 Å². The summed E-state index contributed by atoms with van der Waals surface area (Å²) < 4.78 is 4.00. The van der Waals surface area contributed by atoms with Crippen molar-refractivity contribution in [2.75, 3.05) is 0 Å². The molecular weight excluding hydrogens is 328 g/mol. The number of hydrogen-bond donors (Lipinski definition) is 2. The predicted molar refractivity (Wildman–Crippen MR) is 98.0 cm³/mol. The third-order valence-corrected chi connectivity index (χ3v) is 5.00. The predicted octanol–water partition coefficient (Wildman–Crippen LogP) is 2.24. The molecule has 0 radical (unpaired) electrons. The molecule has 26 heavy (non-hydrogen) atoms. The van der Waals surface area contributed by atoms with Crippen molar-refractivity contribution in [3.63, 3.8) is 0 Å². The molecule has 1 aliphatic carbocycles. The number of rotatable bonds is 5. The first-order chi connectivity index (χ1) is 12.7. The van der Waals surface area contributed by atoms with E-state index in [-0.39, 0.29) is 11.9 Å². The lowest BCUT2D eigenvalue weighted by molar-refractivity contribution is 0.0873. The average molecular weight is 350 g/mol. The molecule has 6 heteroatoms. The summed E-state index contributed by atoms with van der Waals surface area (Å²) >= 11 is 0. The SMILES string of the molecule is O=C(N[C@@H]1CC(Cn2ccnc2)C[C@H]1O)c1ccc(-n2cccc2)cc1. The molecule has 0 aliphatic heterocycles. The van der Waals surface area contributed by atoms with E-state index in [1.165, 1.54) is 0 Å². The molecule has 6 nitrogen and oxygen atoms in total. The van der Waals surface area contributed by atoms with Crippen molar-refractivity contribution in [1.82, 2.24) is 19.4 Å². The molecule has 1 saturated carbocycles. The van der Waals surface area contributed by atoms with E-state index >= 15 is 0 Å². The summed E-state index contributed by atoms with van der Waals surface area (Å²) in [7, 11) is 0. The number of aliphatic hydroxyl groups excluding tert-OH is 1. The van der Waals surface area contributed by atoms with Gasteiger partial charge >= 0.3 is 0 Å². The largest absolute Gasteiger partial charge is 0.391 e. The van der Waals surface area contributed by atoms with Crippen molar-refractivity contribution < 1.29 is 9.90 Å². The second-order valence-corrected chi connectivity index (χ2v) is 6.88. The van der Waals surface area contributed by atoms with Crippen molar-refractivity contribution in [1.29, 1.82) is 0 Å². The van der Waals surface area contributed by atoms with Gasteiger partial charge in [0.1, 0.15) is 0 Å². The Hall–Kier alpha value is -2.86. The summed E-state index contributed by atoms with van der Waals surface area (Å²) in [6.45, 7) is 0.814. The van der Waals surface area contributed by atoms with Crippen molar-refractivity contribution >= 4 is 5.91 Å². The lowest BCUT2D eigenvalue weighted by Gasteiger charge is -2.16. The molecule has 2 N–H and O–H groups in total. The summed E-state index contributed by atoms with van der Waals surface area (Å²) in [4.78, 5) is 16.6. The second-order valence-electron chi connectivity index (χ2n) is 6.88. The highest BCUT2D eigenvalue weighted by Gasteiger charge is 2.34. The molecule has 0 bridgehead atoms. The van der Waals surface area contributed by atoms with E-state index in [2.05, 4.69) is 10.3 Å². The van der Waals surface area contributed by atoms with Crippen molar-refractivity contribution in [2.24, 2.45) is 5.92 Å². The number of benzene rings is 1. The van der Waals surface area contributed by atoms with E-state index in [1.807, 2.05) is 64.1 Å². The third-order valence-electron chi connectivity index (χ3n) is 5.00. The van der Waals surface area contributed by atoms with Crippen LogP contribution < -0.4 is 5.32 Å². The lowest BCUT2D eigenvalue weighted by Crippen LogP contribution is -2.39. The van der Waals surface area contributed by atoms with E-state index in [1.54, 1.807) is 12.5 Å². The van der Waals surface area contributed by atoms with Crippen LogP contribution in [-0.2, 0) is 6.54 Å². The van der Waals surface area contributed by atoms with Crippen LogP contribution in [0.15, 0.2) is 67.5 Å². The fourth-order valence-electron chi connectivity index (χ4n) is 3.66. The van der Waals surface area contributed by atoms with Gasteiger partial charge in [-0.15, -0.1) is 0 Å². The minimum absolute atomic E-state index is 0.142. The minimum atomic E-state index is -0.508. The number of carbonyl (C=O) groups is 1. The smallest absolute Gasteiger partial charge is 0.251 e. The molecule has 0 spiro atoms. The van der Waals surface area contributed by atoms with Gasteiger partial charge in [-0.05, 0) is 55.2 Å². The lowest BCUT2D eigenvalue weighted by atomic mass is 10.1. The van der Waals surface area contributed by atoms with E-state index in [9.17, 15) is 9.90 Å². The zero-order valence-corrected chi connectivity index (χ0v) is 14.4. The van der Waals surface area contributed by atoms with Crippen LogP contribution in [0.4, 0.5) is 0 Å². The maximum atomic E-state index is 12.5. The molecule has 3 aromatic rings. The van der Waals surface area contributed by atoms with Crippen LogP contribution in [-0.4, -0.2) is 37.3 Å². The van der Waals surface area contributed by atoms with Gasteiger partial charge in [0.25, 0.3) is 5.91 Å². The van der Waals surface area contributed by atoms with E-state index in [0.29, 0.717) is 17.9 Å². The van der Waals surface area contributed by atoms with Gasteiger partial charge in [-0.25, -0.2) is 4.98 Å². The zero-order chi connectivity index (χ0) is 17.9. The average Bonchev–Trinajstić information content (AvgIpc) is 3.39. The molecule has 2 aromatic heterocycles. The summed E-state index contributed by atoms with van der Waals surface area (Å²) in [6, 6.07) is 11.2. The molecule has 1 fully saturated rings. The summed E-state index contributed by atoms with van der Waals surface area (Å²) in [5.74, 6) is 0.192. The number of nitrogens with one attached hydrogen (secondary N) is 1. The number of carbonyl (C=O) groups excluding carboxylic acids is 1. The van der Waals surface area contributed by atoms with E-state index in [4.69, 9.17) is 0 Å². The first-order valence-corrected chi connectivity index (χ1v) is 8.87. The molecule has 134 valence electrons. The molecule has 1 unspecified atom stereocenters. The Morgan fingerprint density at radius 1 is 1.15 bits per heavy atom. The monoisotopic (exact) mass is 350 g/mol. The minimum Gasteiger partial charge on any atom is -0.391 e. The topological polar surface area (TPSA) is 72.1 Å². The van der Waals surface area contributed by atoms with Crippen LogP contribution in [0, 0.1) is 5.92 Å². The molecule has 3 atom stereocenters. The Balaban J connectivity index is 1.37. The van der Waals surface area contributed by atoms with Gasteiger partial charge in [-0.1, -0.05) is 0 Å². The molecule has 1 amide bonds. The molecule has 4 rings (SSSR count). The summed E-state index contributed by atoms with van der Waals surface area (Å²) in [5, 5.41) is 13.3. The molecule has 1 aromatic carbocycles. The standard InChI is InChI=1S/C20H22N4O2/c25-19-12-15(13-23-10-7-21-14-23)11-18(19)22-20(26)16-3-5-17(6-4-16)24-8-1-2-9-24/h1-10,14-15,18-19,25H,11-13H2,(H,22,26)/t15?,18-,19-/m1/s1. The normalized spacial score (nSPS) is 22.4. The Labute approximate surface area is 152 Å². The fourth-order valence-corrected chi connectivity index (χ4v) is 3.66. The Kier molecular flexibility index (Phi) is 4.58. The van der Waals surface area contributed by atoms with Crippen LogP contribution in [0.25, 0.3) is 5.69 Å². The summed E-state index contributed by atoms with van der Waals surface area (Å²) in [5.41, 5.74) is 1.61. The summed E-state index contributed by atoms with van der Waals surface area (Å²) in [6.07, 6.45) is 10.3. The van der Waals surface area contributed by atoms with Crippen molar-refractivity contribution in [3.8, 4) is 5.69 Å². The second kappa shape index (κ2) is 7.17. The van der Waals surface area contributed by atoms with Gasteiger partial charge in [0.05, 0.1) is 18.5 Å². The number of aromatic nitrogens is 3. The molecule has 2 heterocycles. The fraction of sp³-hybridized carbons (Fsp3) is 0.300. The van der Waals surface area contributed by atoms with Crippen LogP contribution in [0.3, 0.4) is 0 Å². The highest BCUT2D eigenvalue weighted by atomic mass is 16.3. The molecule has 1 aliphatic rings. The van der Waals surface area contributed by atoms with E-state index < -0.39 is 6.10 Å². The van der Waals surface area contributed by atoms with Gasteiger partial charge < -0.3 is 19.6 Å². The van der Waals surface area contributed by atoms with Crippen LogP contribution in [0.1, 0.15) is 23.2 Å². The first kappa shape index (κ1) is 16.6. The van der Waals surface area contributed by atoms with Crippen LogP contribution >= 0.6 is 0 Å². The van der Waals surface area contributed by atoms with Crippen LogP contribution in [0.2, 0.25) is 0 Å². The molecule has 0 saturated heterocycles. The number of aliphatic hydroxyl groups is 1. The van der Waals surface area contributed by atoms with Crippen molar-refractivity contribution in [3.05, 3.63) is 73.1 Å². The number of nitrogens with zero attached hydrogens (tertiary/aromatic N) is 3. The zero-order valence-electron chi connectivity index (χ0n) is 14.4. The Morgan fingerprint density at radius 2 is 1.92 bits per heavy atom. The maximum absolute atomic E-state index is 12.5. The maximum Gasteiger partial charge on any atom is 0.251 e. The quantitative estimate of drug-likeness (QED) is 0.741. The number of hydrogen-bond acceptors (Lipinski definition) is 3. The third kappa shape index (κ3) is 3.55. The van der Waals surface area contributed by atoms with Crippen molar-refractivity contribution in [2.45, 2.75) is 31.5 Å².